The average Bonchev–Trinajstić information content (AvgIpc) is 4.13. The summed E-state index contributed by atoms with van der Waals surface area (Å²) in [5.74, 6) is 0. The highest BCUT2D eigenvalue weighted by atomic mass is 15.0. The number of rotatable bonds is 5. The van der Waals surface area contributed by atoms with Crippen molar-refractivity contribution >= 4 is 119 Å². The van der Waals surface area contributed by atoms with E-state index in [9.17, 15) is 0 Å². The van der Waals surface area contributed by atoms with Gasteiger partial charge in [0.25, 0.3) is 0 Å². The van der Waals surface area contributed by atoms with Gasteiger partial charge in [-0.1, -0.05) is 186 Å². The molecule has 0 N–H and O–H groups in total. The van der Waals surface area contributed by atoms with Crippen LogP contribution >= 0.6 is 0 Å². The van der Waals surface area contributed by atoms with E-state index < -0.39 is 5.41 Å². The van der Waals surface area contributed by atoms with E-state index in [-0.39, 0.29) is 0 Å². The van der Waals surface area contributed by atoms with Crippen LogP contribution in [0.3, 0.4) is 0 Å². The molecule has 0 amide bonds. The van der Waals surface area contributed by atoms with E-state index in [4.69, 9.17) is 31.4 Å². The van der Waals surface area contributed by atoms with Crippen LogP contribution < -0.4 is 21.9 Å². The summed E-state index contributed by atoms with van der Waals surface area (Å²) in [7, 11) is 29.9. The first-order valence-corrected chi connectivity index (χ1v) is 23.0. The molecule has 0 saturated heterocycles. The fourth-order valence-corrected chi connectivity index (χ4v) is 12.1. The first-order valence-electron chi connectivity index (χ1n) is 23.0. The maximum absolute atomic E-state index is 7.53. The van der Waals surface area contributed by atoms with Gasteiger partial charge in [0.05, 0.1) is 27.5 Å². The van der Waals surface area contributed by atoms with E-state index in [2.05, 4.69) is 202 Å². The minimum Gasteiger partial charge on any atom is -0.310 e. The highest BCUT2D eigenvalue weighted by Crippen LogP contribution is 2.57. The molecule has 7 heteroatoms. The Hall–Kier alpha value is -8.14. The zero-order valence-corrected chi connectivity index (χ0v) is 36.9. The molecular formula is C61H35B4N3. The lowest BCUT2D eigenvalue weighted by molar-refractivity contribution is 0.767. The normalized spacial score (nSPS) is 13.1. The topological polar surface area (TPSA) is 14.8 Å². The lowest BCUT2D eigenvalue weighted by Crippen LogP contribution is -2.30. The molecule has 68 heavy (non-hydrogen) atoms. The second-order valence-electron chi connectivity index (χ2n) is 18.0. The first-order chi connectivity index (χ1) is 33.5. The third-order valence-electron chi connectivity index (χ3n) is 14.8. The van der Waals surface area contributed by atoms with Gasteiger partial charge in [0.15, 0.2) is 0 Å². The molecule has 1 aliphatic carbocycles. The van der Waals surface area contributed by atoms with Gasteiger partial charge in [-0.3, -0.25) is 0 Å². The average molecular weight is 853 g/mol. The minimum absolute atomic E-state index is 0.473. The van der Waals surface area contributed by atoms with Crippen LogP contribution in [0.2, 0.25) is 0 Å². The van der Waals surface area contributed by atoms with Gasteiger partial charge in [0.1, 0.15) is 31.4 Å². The molecule has 3 heterocycles. The molecule has 0 fully saturated rings. The SMILES string of the molecule is [B]c1c([B])c2c(c3c(c([B])c([B])c4c5ccccc5n(-c5ccc6c(c5)C(c5ccccc5)(c5ccccc5)c5ccccc5-6)c43)n2-c2ccccc2)c2c1c1ccccc1n2-c1ccccc1. The largest absolute Gasteiger partial charge is 0.310 e. The van der Waals surface area contributed by atoms with E-state index in [1.165, 1.54) is 33.4 Å². The van der Waals surface area contributed by atoms with Crippen molar-refractivity contribution in [1.82, 2.24) is 13.7 Å². The van der Waals surface area contributed by atoms with Gasteiger partial charge in [-0.05, 0) is 81.9 Å². The number of fused-ring (bicyclic) bond motifs is 14. The lowest BCUT2D eigenvalue weighted by atomic mass is 9.67. The summed E-state index contributed by atoms with van der Waals surface area (Å²) in [5.41, 5.74) is 16.9. The van der Waals surface area contributed by atoms with Crippen molar-refractivity contribution in [2.24, 2.45) is 0 Å². The molecule has 0 saturated carbocycles. The van der Waals surface area contributed by atoms with Gasteiger partial charge in [-0.2, -0.15) is 0 Å². The molecule has 14 rings (SSSR count). The Morgan fingerprint density at radius 3 is 1.24 bits per heavy atom. The van der Waals surface area contributed by atoms with E-state index in [0.29, 0.717) is 21.9 Å². The molecule has 8 radical (unpaired) electrons. The molecule has 306 valence electrons. The number of nitrogens with zero attached hydrogens (tertiary/aromatic N) is 3. The van der Waals surface area contributed by atoms with Crippen LogP contribution in [0.4, 0.5) is 0 Å². The highest BCUT2D eigenvalue weighted by molar-refractivity contribution is 6.63. The van der Waals surface area contributed by atoms with Crippen LogP contribution in [0, 0.1) is 0 Å². The predicted octanol–water partition coefficient (Wildman–Crippen LogP) is 10.5. The van der Waals surface area contributed by atoms with Crippen molar-refractivity contribution in [2.45, 2.75) is 5.41 Å². The molecule has 0 aliphatic heterocycles. The van der Waals surface area contributed by atoms with Crippen LogP contribution in [0.5, 0.6) is 0 Å². The van der Waals surface area contributed by atoms with Crippen LogP contribution in [0.1, 0.15) is 22.3 Å². The third kappa shape index (κ3) is 4.98. The quantitative estimate of drug-likeness (QED) is 0.153. The standard InChI is InChI=1S/C61H35B4N3/c62-53-49-43-28-14-17-31-47(43)66(38-23-9-3-10-24-38)57(49)51-52-58-50(54(63)56(65)60(52)68(59(51)55(53)64)39-25-11-4-12-26-39)44-29-15-18-32-48(44)67(58)40-33-34-42-41-27-13-16-30-45(41)61(46(42)35-40,36-19-5-1-6-20-36)37-21-7-2-8-22-37/h1-35H. The van der Waals surface area contributed by atoms with Gasteiger partial charge in [0.2, 0.25) is 0 Å². The maximum Gasteiger partial charge on any atom is 0.115 e. The molecule has 10 aromatic carbocycles. The minimum atomic E-state index is -0.611. The highest BCUT2D eigenvalue weighted by Gasteiger charge is 2.46. The number of hydrogen-bond acceptors (Lipinski definition) is 0. The van der Waals surface area contributed by atoms with Crippen molar-refractivity contribution in [2.75, 3.05) is 0 Å². The first kappa shape index (κ1) is 39.1. The summed E-state index contributed by atoms with van der Waals surface area (Å²) >= 11 is 0. The summed E-state index contributed by atoms with van der Waals surface area (Å²) < 4.78 is 6.93. The van der Waals surface area contributed by atoms with Crippen molar-refractivity contribution < 1.29 is 0 Å². The fourth-order valence-electron chi connectivity index (χ4n) is 12.1. The molecule has 0 unspecified atom stereocenters. The van der Waals surface area contributed by atoms with Crippen LogP contribution in [-0.4, -0.2) is 45.1 Å². The molecule has 0 bridgehead atoms. The van der Waals surface area contributed by atoms with Crippen molar-refractivity contribution in [3.63, 3.8) is 0 Å². The Kier molecular flexibility index (Phi) is 8.29. The zero-order valence-electron chi connectivity index (χ0n) is 36.9. The van der Waals surface area contributed by atoms with E-state index in [0.717, 1.165) is 82.5 Å². The molecule has 1 aliphatic rings. The summed E-state index contributed by atoms with van der Waals surface area (Å²) in [5, 5.41) is 5.64. The van der Waals surface area contributed by atoms with Crippen LogP contribution in [0.25, 0.3) is 93.6 Å². The number of para-hydroxylation sites is 4. The third-order valence-corrected chi connectivity index (χ3v) is 14.8. The predicted molar refractivity (Wildman–Crippen MR) is 288 cm³/mol. The van der Waals surface area contributed by atoms with Gasteiger partial charge in [-0.15, -0.1) is 0 Å². The summed E-state index contributed by atoms with van der Waals surface area (Å²) in [6.45, 7) is 0. The lowest BCUT2D eigenvalue weighted by Gasteiger charge is -2.34. The van der Waals surface area contributed by atoms with Crippen molar-refractivity contribution in [1.29, 1.82) is 0 Å². The Bertz CT molecular complexity index is 4190. The second kappa shape index (κ2) is 14.4. The van der Waals surface area contributed by atoms with Gasteiger partial charge < -0.3 is 13.7 Å². The molecule has 0 spiro atoms. The summed E-state index contributed by atoms with van der Waals surface area (Å²) in [4.78, 5) is 0. The van der Waals surface area contributed by atoms with E-state index >= 15 is 0 Å². The number of aromatic nitrogens is 3. The molecule has 13 aromatic rings. The fraction of sp³-hybridized carbons (Fsp3) is 0.0164. The molecular weight excluding hydrogens is 818 g/mol. The van der Waals surface area contributed by atoms with Gasteiger partial charge in [0, 0.05) is 60.4 Å². The Balaban J connectivity index is 1.23. The molecule has 3 aromatic heterocycles. The van der Waals surface area contributed by atoms with Crippen LogP contribution in [-0.2, 0) is 5.41 Å². The Labute approximate surface area is 398 Å². The maximum atomic E-state index is 7.53. The summed E-state index contributed by atoms with van der Waals surface area (Å²) in [6.07, 6.45) is 0. The monoisotopic (exact) mass is 853 g/mol. The van der Waals surface area contributed by atoms with Crippen molar-refractivity contribution in [3.05, 3.63) is 235 Å². The van der Waals surface area contributed by atoms with Crippen LogP contribution in [0.15, 0.2) is 212 Å². The van der Waals surface area contributed by atoms with Crippen molar-refractivity contribution in [3.8, 4) is 28.2 Å². The second-order valence-corrected chi connectivity index (χ2v) is 18.0. The molecule has 3 nitrogen and oxygen atoms in total. The van der Waals surface area contributed by atoms with Gasteiger partial charge >= 0.3 is 0 Å². The summed E-state index contributed by atoms with van der Waals surface area (Å²) in [6, 6.07) is 75.5. The zero-order chi connectivity index (χ0) is 45.4. The van der Waals surface area contributed by atoms with E-state index in [1.807, 2.05) is 24.3 Å². The number of benzene rings is 10. The number of hydrogen-bond donors (Lipinski definition) is 0. The Morgan fingerprint density at radius 2 is 0.706 bits per heavy atom. The van der Waals surface area contributed by atoms with E-state index in [1.54, 1.807) is 0 Å². The van der Waals surface area contributed by atoms with Gasteiger partial charge in [-0.25, -0.2) is 0 Å². The molecule has 0 atom stereocenters. The Morgan fingerprint density at radius 1 is 0.294 bits per heavy atom. The smallest absolute Gasteiger partial charge is 0.115 e.